The quantitative estimate of drug-likeness (QED) is 0.388. The molecule has 1 amide bonds. The first-order valence-corrected chi connectivity index (χ1v) is 15.1. The molecule has 0 saturated carbocycles. The maximum absolute atomic E-state index is 13.0. The maximum atomic E-state index is 13.0. The fraction of sp³-hybridized carbons (Fsp3) is 0.423. The molecular formula is C26H33N7O3S2. The Morgan fingerprint density at radius 3 is 2.58 bits per heavy atom. The third-order valence-electron chi connectivity index (χ3n) is 6.96. The predicted octanol–water partition coefficient (Wildman–Crippen LogP) is 2.50. The van der Waals surface area contributed by atoms with Gasteiger partial charge in [0, 0.05) is 53.6 Å². The molecule has 0 unspecified atom stereocenters. The number of piperidine rings is 1. The van der Waals surface area contributed by atoms with E-state index in [1.54, 1.807) is 52.3 Å². The van der Waals surface area contributed by atoms with Crippen LogP contribution < -0.4 is 16.0 Å². The molecule has 10 nitrogen and oxygen atoms in total. The van der Waals surface area contributed by atoms with E-state index >= 15 is 0 Å². The van der Waals surface area contributed by atoms with Crippen molar-refractivity contribution < 1.29 is 13.2 Å². The summed E-state index contributed by atoms with van der Waals surface area (Å²) in [5.74, 6) is 0.768. The summed E-state index contributed by atoms with van der Waals surface area (Å²) in [5.41, 5.74) is 2.38. The number of thiophene rings is 1. The zero-order valence-corrected chi connectivity index (χ0v) is 23.0. The van der Waals surface area contributed by atoms with Crippen LogP contribution in [0.4, 0.5) is 11.5 Å². The van der Waals surface area contributed by atoms with Crippen LogP contribution in [0.3, 0.4) is 0 Å². The number of hydrogen-bond donors (Lipinski definition) is 3. The summed E-state index contributed by atoms with van der Waals surface area (Å²) >= 11 is 1.58. The monoisotopic (exact) mass is 555 g/mol. The van der Waals surface area contributed by atoms with Crippen molar-refractivity contribution in [2.75, 3.05) is 51.6 Å². The van der Waals surface area contributed by atoms with Gasteiger partial charge < -0.3 is 20.9 Å². The Hall–Kier alpha value is -2.90. The molecule has 1 aromatic carbocycles. The third kappa shape index (κ3) is 6.38. The molecule has 2 aromatic heterocycles. The van der Waals surface area contributed by atoms with Gasteiger partial charge in [-0.25, -0.2) is 13.4 Å². The molecule has 0 spiro atoms. The lowest BCUT2D eigenvalue weighted by molar-refractivity contribution is -0.125. The number of anilines is 2. The van der Waals surface area contributed by atoms with Gasteiger partial charge in [-0.05, 0) is 63.3 Å². The zero-order valence-electron chi connectivity index (χ0n) is 21.4. The van der Waals surface area contributed by atoms with Gasteiger partial charge >= 0.3 is 0 Å². The number of amides is 1. The molecule has 202 valence electrons. The number of nitrogens with one attached hydrogen (secondary N) is 3. The van der Waals surface area contributed by atoms with Crippen LogP contribution in [0.15, 0.2) is 53.0 Å². The van der Waals surface area contributed by atoms with Gasteiger partial charge in [-0.2, -0.15) is 4.31 Å². The minimum Gasteiger partial charge on any atom is -0.351 e. The van der Waals surface area contributed by atoms with Gasteiger partial charge in [0.2, 0.25) is 15.9 Å². The van der Waals surface area contributed by atoms with E-state index in [1.165, 1.54) is 0 Å². The molecule has 2 fully saturated rings. The maximum Gasteiger partial charge on any atom is 0.243 e. The van der Waals surface area contributed by atoms with Gasteiger partial charge in [0.25, 0.3) is 0 Å². The molecule has 2 aliphatic rings. The van der Waals surface area contributed by atoms with Crippen molar-refractivity contribution in [3.8, 4) is 11.3 Å². The summed E-state index contributed by atoms with van der Waals surface area (Å²) in [6.45, 7) is 4.74. The molecule has 0 aliphatic carbocycles. The highest BCUT2D eigenvalue weighted by Crippen LogP contribution is 2.26. The largest absolute Gasteiger partial charge is 0.351 e. The van der Waals surface area contributed by atoms with E-state index in [2.05, 4.69) is 30.8 Å². The summed E-state index contributed by atoms with van der Waals surface area (Å²) in [6, 6.07) is 8.75. The fourth-order valence-corrected chi connectivity index (χ4v) is 6.85. The number of rotatable bonds is 8. The van der Waals surface area contributed by atoms with Crippen LogP contribution in [-0.4, -0.2) is 79.8 Å². The van der Waals surface area contributed by atoms with Gasteiger partial charge in [-0.1, -0.05) is 0 Å². The highest BCUT2D eigenvalue weighted by molar-refractivity contribution is 7.89. The number of benzene rings is 1. The Morgan fingerprint density at radius 1 is 1.11 bits per heavy atom. The summed E-state index contributed by atoms with van der Waals surface area (Å²) in [6.07, 6.45) is 5.10. The minimum atomic E-state index is -3.51. The molecule has 0 atom stereocenters. The van der Waals surface area contributed by atoms with E-state index in [0.29, 0.717) is 25.5 Å². The van der Waals surface area contributed by atoms with Crippen molar-refractivity contribution in [3.63, 3.8) is 0 Å². The summed E-state index contributed by atoms with van der Waals surface area (Å²) in [7, 11) is -1.51. The summed E-state index contributed by atoms with van der Waals surface area (Å²) < 4.78 is 27.5. The van der Waals surface area contributed by atoms with Crippen molar-refractivity contribution >= 4 is 38.8 Å². The van der Waals surface area contributed by atoms with Crippen molar-refractivity contribution in [1.29, 1.82) is 0 Å². The Bertz CT molecular complexity index is 1350. The van der Waals surface area contributed by atoms with Crippen molar-refractivity contribution in [1.82, 2.24) is 29.8 Å². The number of likely N-dealkylation sites (N-methyl/N-ethyl adjacent to an activating group) is 1. The standard InChI is InChI=1S/C26H33N7O3S2/c1-32-10-12-33(13-11-32)38(35,36)23-4-2-21(3-5-23)30-25-17-28-16-24(31-25)20-14-22(37-18-20)15-29-26(34)19-6-8-27-9-7-19/h2-5,14,16-19,27H,6-13,15H2,1H3,(H,29,34)(H,30,31). The summed E-state index contributed by atoms with van der Waals surface area (Å²) in [4.78, 5) is 24.9. The molecule has 5 rings (SSSR count). The zero-order chi connectivity index (χ0) is 26.5. The van der Waals surface area contributed by atoms with Crippen LogP contribution in [0.2, 0.25) is 0 Å². The second-order valence-corrected chi connectivity index (χ2v) is 12.6. The van der Waals surface area contributed by atoms with Crippen LogP contribution in [-0.2, 0) is 21.4 Å². The molecule has 2 aliphatic heterocycles. The molecule has 3 aromatic rings. The molecule has 4 heterocycles. The van der Waals surface area contributed by atoms with E-state index in [9.17, 15) is 13.2 Å². The highest BCUT2D eigenvalue weighted by atomic mass is 32.2. The van der Waals surface area contributed by atoms with Crippen LogP contribution in [0.1, 0.15) is 17.7 Å². The fourth-order valence-electron chi connectivity index (χ4n) is 4.61. The van der Waals surface area contributed by atoms with E-state index in [4.69, 9.17) is 0 Å². The number of carbonyl (C=O) groups is 1. The number of sulfonamides is 1. The van der Waals surface area contributed by atoms with Gasteiger partial charge in [0.05, 0.1) is 29.5 Å². The van der Waals surface area contributed by atoms with Crippen molar-refractivity contribution in [2.45, 2.75) is 24.3 Å². The van der Waals surface area contributed by atoms with E-state index in [1.807, 2.05) is 18.5 Å². The van der Waals surface area contributed by atoms with Gasteiger partial charge in [-0.3, -0.25) is 9.78 Å². The van der Waals surface area contributed by atoms with Crippen molar-refractivity contribution in [2.24, 2.45) is 5.92 Å². The molecule has 0 bridgehead atoms. The predicted molar refractivity (Wildman–Crippen MR) is 149 cm³/mol. The number of nitrogens with zero attached hydrogens (tertiary/aromatic N) is 4. The van der Waals surface area contributed by atoms with Gasteiger partial charge in [0.15, 0.2) is 0 Å². The Kier molecular flexibility index (Phi) is 8.34. The van der Waals surface area contributed by atoms with Crippen LogP contribution >= 0.6 is 11.3 Å². The van der Waals surface area contributed by atoms with Gasteiger partial charge in [-0.15, -0.1) is 11.3 Å². The highest BCUT2D eigenvalue weighted by Gasteiger charge is 2.27. The second-order valence-electron chi connectivity index (χ2n) is 9.69. The average Bonchev–Trinajstić information content (AvgIpc) is 3.42. The Morgan fingerprint density at radius 2 is 1.84 bits per heavy atom. The van der Waals surface area contributed by atoms with E-state index < -0.39 is 10.0 Å². The van der Waals surface area contributed by atoms with Gasteiger partial charge in [0.1, 0.15) is 5.82 Å². The smallest absolute Gasteiger partial charge is 0.243 e. The summed E-state index contributed by atoms with van der Waals surface area (Å²) in [5, 5.41) is 11.6. The number of carbonyl (C=O) groups excluding carboxylic acids is 1. The average molecular weight is 556 g/mol. The molecule has 38 heavy (non-hydrogen) atoms. The number of hydrogen-bond acceptors (Lipinski definition) is 9. The lowest BCUT2D eigenvalue weighted by Gasteiger charge is -2.31. The Labute approximate surface area is 227 Å². The number of aromatic nitrogens is 2. The first-order chi connectivity index (χ1) is 18.4. The molecule has 12 heteroatoms. The van der Waals surface area contributed by atoms with Crippen LogP contribution in [0.25, 0.3) is 11.3 Å². The van der Waals surface area contributed by atoms with E-state index in [-0.39, 0.29) is 16.7 Å². The SMILES string of the molecule is CN1CCN(S(=O)(=O)c2ccc(Nc3cncc(-c4csc(CNC(=O)C5CCNCC5)c4)n3)cc2)CC1. The topological polar surface area (TPSA) is 120 Å². The normalized spacial score (nSPS) is 17.8. The third-order valence-corrected chi connectivity index (χ3v) is 9.81. The first kappa shape index (κ1) is 26.7. The van der Waals surface area contributed by atoms with Crippen molar-refractivity contribution in [3.05, 3.63) is 53.0 Å². The molecule has 0 radical (unpaired) electrons. The minimum absolute atomic E-state index is 0.0882. The van der Waals surface area contributed by atoms with Crippen LogP contribution in [0.5, 0.6) is 0 Å². The lowest BCUT2D eigenvalue weighted by Crippen LogP contribution is -2.46. The molecule has 2 saturated heterocycles. The molecular weight excluding hydrogens is 522 g/mol. The van der Waals surface area contributed by atoms with Crippen LogP contribution in [0, 0.1) is 5.92 Å². The van der Waals surface area contributed by atoms with E-state index in [0.717, 1.165) is 60.8 Å². The first-order valence-electron chi connectivity index (χ1n) is 12.8. The second kappa shape index (κ2) is 11.9. The Balaban J connectivity index is 1.20. The molecule has 3 N–H and O–H groups in total. The lowest BCUT2D eigenvalue weighted by atomic mass is 9.97. The number of piperazine rings is 1.